The Morgan fingerprint density at radius 2 is 1.76 bits per heavy atom. The van der Waals surface area contributed by atoms with Crippen molar-refractivity contribution in [1.29, 1.82) is 0 Å². The number of hydrogen-bond donors (Lipinski definition) is 2. The van der Waals surface area contributed by atoms with Crippen molar-refractivity contribution in [2.75, 3.05) is 0 Å². The Labute approximate surface area is 147 Å². The van der Waals surface area contributed by atoms with E-state index in [1.807, 2.05) is 0 Å². The Bertz CT molecular complexity index is 999. The SMILES string of the molecule is O=C(Cn1ncc(=O)c2ccccc21)NNC(=O)c1ccc(Cl)cc1. The van der Waals surface area contributed by atoms with Gasteiger partial charge in [0.05, 0.1) is 11.7 Å². The van der Waals surface area contributed by atoms with Crippen LogP contribution in [0.25, 0.3) is 10.9 Å². The Balaban J connectivity index is 1.67. The van der Waals surface area contributed by atoms with Crippen LogP contribution in [0.3, 0.4) is 0 Å². The van der Waals surface area contributed by atoms with Gasteiger partial charge in [-0.2, -0.15) is 5.10 Å². The number of para-hydroxylation sites is 1. The van der Waals surface area contributed by atoms with Crippen LogP contribution in [-0.4, -0.2) is 21.6 Å². The van der Waals surface area contributed by atoms with Gasteiger partial charge in [0.15, 0.2) is 0 Å². The van der Waals surface area contributed by atoms with Gasteiger partial charge < -0.3 is 0 Å². The summed E-state index contributed by atoms with van der Waals surface area (Å²) in [5.41, 5.74) is 5.30. The van der Waals surface area contributed by atoms with Crippen molar-refractivity contribution < 1.29 is 9.59 Å². The Morgan fingerprint density at radius 3 is 2.52 bits per heavy atom. The molecule has 3 aromatic rings. The molecule has 1 heterocycles. The molecule has 0 spiro atoms. The first-order chi connectivity index (χ1) is 12.0. The van der Waals surface area contributed by atoms with E-state index in [0.29, 0.717) is 21.5 Å². The van der Waals surface area contributed by atoms with E-state index in [1.54, 1.807) is 48.5 Å². The van der Waals surface area contributed by atoms with Gasteiger partial charge in [-0.1, -0.05) is 23.7 Å². The summed E-state index contributed by atoms with van der Waals surface area (Å²) in [6.07, 6.45) is 1.15. The molecule has 0 aliphatic heterocycles. The van der Waals surface area contributed by atoms with Crippen molar-refractivity contribution in [3.8, 4) is 0 Å². The third-order valence-electron chi connectivity index (χ3n) is 3.48. The second kappa shape index (κ2) is 7.14. The minimum absolute atomic E-state index is 0.151. The van der Waals surface area contributed by atoms with Gasteiger partial charge in [-0.3, -0.25) is 29.9 Å². The van der Waals surface area contributed by atoms with Crippen molar-refractivity contribution in [3.63, 3.8) is 0 Å². The molecule has 0 radical (unpaired) electrons. The number of carbonyl (C=O) groups excluding carboxylic acids is 2. The maximum absolute atomic E-state index is 12.0. The zero-order valence-corrected chi connectivity index (χ0v) is 13.7. The molecule has 2 N–H and O–H groups in total. The normalized spacial score (nSPS) is 10.4. The third kappa shape index (κ3) is 3.84. The van der Waals surface area contributed by atoms with Crippen LogP contribution in [0.4, 0.5) is 0 Å². The van der Waals surface area contributed by atoms with E-state index in [1.165, 1.54) is 4.68 Å². The molecule has 25 heavy (non-hydrogen) atoms. The van der Waals surface area contributed by atoms with Gasteiger partial charge in [-0.05, 0) is 36.4 Å². The molecule has 7 nitrogen and oxygen atoms in total. The van der Waals surface area contributed by atoms with E-state index in [0.717, 1.165) is 6.20 Å². The Morgan fingerprint density at radius 1 is 1.04 bits per heavy atom. The van der Waals surface area contributed by atoms with Crippen LogP contribution in [0.15, 0.2) is 59.5 Å². The molecule has 0 aliphatic carbocycles. The highest BCUT2D eigenvalue weighted by Crippen LogP contribution is 2.09. The van der Waals surface area contributed by atoms with E-state index in [9.17, 15) is 14.4 Å². The summed E-state index contributed by atoms with van der Waals surface area (Å²) in [5, 5.41) is 4.94. The number of fused-ring (bicyclic) bond motifs is 1. The lowest BCUT2D eigenvalue weighted by atomic mass is 10.2. The number of nitrogens with zero attached hydrogens (tertiary/aromatic N) is 2. The van der Waals surface area contributed by atoms with E-state index >= 15 is 0 Å². The van der Waals surface area contributed by atoms with E-state index in [2.05, 4.69) is 16.0 Å². The molecule has 2 aromatic carbocycles. The number of aromatic nitrogens is 2. The molecule has 1 aromatic heterocycles. The van der Waals surface area contributed by atoms with Gasteiger partial charge in [0.1, 0.15) is 6.54 Å². The summed E-state index contributed by atoms with van der Waals surface area (Å²) in [6.45, 7) is -0.151. The van der Waals surface area contributed by atoms with Crippen LogP contribution in [0.1, 0.15) is 10.4 Å². The molecule has 8 heteroatoms. The minimum atomic E-state index is -0.483. The number of hydrogen-bond acceptors (Lipinski definition) is 4. The quantitative estimate of drug-likeness (QED) is 0.696. The average Bonchev–Trinajstić information content (AvgIpc) is 2.63. The minimum Gasteiger partial charge on any atom is -0.287 e. The van der Waals surface area contributed by atoms with Gasteiger partial charge in [0.2, 0.25) is 5.43 Å². The second-order valence-corrected chi connectivity index (χ2v) is 5.63. The predicted octanol–water partition coefficient (Wildman–Crippen LogP) is 1.51. The van der Waals surface area contributed by atoms with Crippen molar-refractivity contribution in [2.45, 2.75) is 6.54 Å². The van der Waals surface area contributed by atoms with Crippen molar-refractivity contribution in [1.82, 2.24) is 20.6 Å². The topological polar surface area (TPSA) is 93.1 Å². The molecule has 0 atom stereocenters. The van der Waals surface area contributed by atoms with Crippen molar-refractivity contribution in [2.24, 2.45) is 0 Å². The number of carbonyl (C=O) groups is 2. The van der Waals surface area contributed by atoms with Crippen LogP contribution < -0.4 is 16.3 Å². The maximum Gasteiger partial charge on any atom is 0.269 e. The number of halogens is 1. The number of hydrazine groups is 1. The summed E-state index contributed by atoms with van der Waals surface area (Å²) >= 11 is 5.76. The predicted molar refractivity (Wildman–Crippen MR) is 93.1 cm³/mol. The molecule has 0 fully saturated rings. The summed E-state index contributed by atoms with van der Waals surface area (Å²) in [4.78, 5) is 35.8. The third-order valence-corrected chi connectivity index (χ3v) is 3.73. The highest BCUT2D eigenvalue weighted by molar-refractivity contribution is 6.30. The molecule has 0 saturated carbocycles. The standard InChI is InChI=1S/C17H13ClN4O3/c18-12-7-5-11(6-8-12)17(25)21-20-16(24)10-22-14-4-2-1-3-13(14)15(23)9-19-22/h1-9H,10H2,(H,20,24)(H,21,25). The number of nitrogens with one attached hydrogen (secondary N) is 2. The van der Waals surface area contributed by atoms with Crippen molar-refractivity contribution >= 4 is 34.3 Å². The summed E-state index contributed by atoms with van der Waals surface area (Å²) in [6, 6.07) is 13.1. The van der Waals surface area contributed by atoms with Gasteiger partial charge >= 0.3 is 0 Å². The first-order valence-corrected chi connectivity index (χ1v) is 7.72. The maximum atomic E-state index is 12.0. The zero-order chi connectivity index (χ0) is 17.8. The fourth-order valence-electron chi connectivity index (χ4n) is 2.26. The lowest BCUT2D eigenvalue weighted by Crippen LogP contribution is -2.43. The molecule has 0 saturated heterocycles. The summed E-state index contributed by atoms with van der Waals surface area (Å²) < 4.78 is 1.39. The first-order valence-electron chi connectivity index (χ1n) is 7.34. The highest BCUT2D eigenvalue weighted by atomic mass is 35.5. The zero-order valence-electron chi connectivity index (χ0n) is 12.9. The summed E-state index contributed by atoms with van der Waals surface area (Å²) in [5.74, 6) is -0.952. The number of amides is 2. The molecule has 2 amide bonds. The fraction of sp³-hybridized carbons (Fsp3) is 0.0588. The molecule has 3 rings (SSSR count). The van der Waals surface area contributed by atoms with Crippen LogP contribution in [0.5, 0.6) is 0 Å². The molecular weight excluding hydrogens is 344 g/mol. The lowest BCUT2D eigenvalue weighted by molar-refractivity contribution is -0.122. The van der Waals surface area contributed by atoms with Gasteiger partial charge in [-0.25, -0.2) is 0 Å². The fourth-order valence-corrected chi connectivity index (χ4v) is 2.39. The smallest absolute Gasteiger partial charge is 0.269 e. The lowest BCUT2D eigenvalue weighted by Gasteiger charge is -2.10. The van der Waals surface area contributed by atoms with Crippen LogP contribution in [0, 0.1) is 0 Å². The van der Waals surface area contributed by atoms with Crippen LogP contribution in [0.2, 0.25) is 5.02 Å². The Hall–Kier alpha value is -3.19. The van der Waals surface area contributed by atoms with E-state index in [-0.39, 0.29) is 12.0 Å². The van der Waals surface area contributed by atoms with Crippen LogP contribution in [-0.2, 0) is 11.3 Å². The van der Waals surface area contributed by atoms with Gasteiger partial charge in [0, 0.05) is 16.0 Å². The molecule has 0 aliphatic rings. The van der Waals surface area contributed by atoms with Crippen LogP contribution >= 0.6 is 11.6 Å². The van der Waals surface area contributed by atoms with Gasteiger partial charge in [-0.15, -0.1) is 0 Å². The number of benzene rings is 2. The largest absolute Gasteiger partial charge is 0.287 e. The van der Waals surface area contributed by atoms with Gasteiger partial charge in [0.25, 0.3) is 11.8 Å². The summed E-state index contributed by atoms with van der Waals surface area (Å²) in [7, 11) is 0. The second-order valence-electron chi connectivity index (χ2n) is 5.19. The van der Waals surface area contributed by atoms with Crippen molar-refractivity contribution in [3.05, 3.63) is 75.5 Å². The molecular formula is C17H13ClN4O3. The average molecular weight is 357 g/mol. The molecule has 0 bridgehead atoms. The monoisotopic (exact) mass is 356 g/mol. The molecule has 0 unspecified atom stereocenters. The number of rotatable bonds is 3. The highest BCUT2D eigenvalue weighted by Gasteiger charge is 2.10. The Kier molecular flexibility index (Phi) is 4.76. The first kappa shape index (κ1) is 16.7. The van der Waals surface area contributed by atoms with E-state index in [4.69, 9.17) is 11.6 Å². The molecule has 126 valence electrons. The van der Waals surface area contributed by atoms with E-state index < -0.39 is 11.8 Å².